The summed E-state index contributed by atoms with van der Waals surface area (Å²) < 4.78 is 7.86. The van der Waals surface area contributed by atoms with Gasteiger partial charge in [0.2, 0.25) is 0 Å². The maximum atomic E-state index is 5.91. The summed E-state index contributed by atoms with van der Waals surface area (Å²) in [6.45, 7) is 4.57. The van der Waals surface area contributed by atoms with Gasteiger partial charge in [0, 0.05) is 65.6 Å². The van der Waals surface area contributed by atoms with E-state index in [0.29, 0.717) is 5.92 Å². The highest BCUT2D eigenvalue weighted by atomic mass is 16.5. The SMILES string of the molecule is CCn1cc([C@@H]2OCC[C@H]2CN=C(N(C)C)N(C)C)cn1. The van der Waals surface area contributed by atoms with Gasteiger partial charge in [-0.2, -0.15) is 5.10 Å². The standard InChI is InChI=1S/C15H27N5O/c1-6-20-11-13(10-17-20)14-12(7-8-21-14)9-16-15(18(2)3)19(4)5/h10-12,14H,6-9H2,1-5H3/t12-,14+/m0/s1. The molecule has 0 aromatic carbocycles. The molecular weight excluding hydrogens is 266 g/mol. The maximum Gasteiger partial charge on any atom is 0.195 e. The lowest BCUT2D eigenvalue weighted by Crippen LogP contribution is -2.36. The molecule has 1 aliphatic rings. The van der Waals surface area contributed by atoms with E-state index in [-0.39, 0.29) is 6.10 Å². The van der Waals surface area contributed by atoms with Crippen LogP contribution in [0.15, 0.2) is 17.4 Å². The molecule has 0 amide bonds. The van der Waals surface area contributed by atoms with E-state index < -0.39 is 0 Å². The molecule has 21 heavy (non-hydrogen) atoms. The van der Waals surface area contributed by atoms with E-state index in [1.807, 2.05) is 48.9 Å². The maximum absolute atomic E-state index is 5.91. The van der Waals surface area contributed by atoms with Crippen molar-refractivity contribution >= 4 is 5.96 Å². The zero-order chi connectivity index (χ0) is 15.4. The third kappa shape index (κ3) is 3.75. The number of nitrogens with zero attached hydrogens (tertiary/aromatic N) is 5. The van der Waals surface area contributed by atoms with Gasteiger partial charge < -0.3 is 14.5 Å². The average molecular weight is 293 g/mol. The first-order chi connectivity index (χ1) is 10.0. The molecule has 0 aliphatic carbocycles. The number of guanidine groups is 1. The third-order valence-corrected chi connectivity index (χ3v) is 3.79. The van der Waals surface area contributed by atoms with Gasteiger partial charge >= 0.3 is 0 Å². The van der Waals surface area contributed by atoms with Crippen LogP contribution in [0.25, 0.3) is 0 Å². The van der Waals surface area contributed by atoms with Crippen LogP contribution in [0.2, 0.25) is 0 Å². The first-order valence-corrected chi connectivity index (χ1v) is 7.56. The fourth-order valence-corrected chi connectivity index (χ4v) is 2.77. The summed E-state index contributed by atoms with van der Waals surface area (Å²) in [5.41, 5.74) is 1.17. The first-order valence-electron chi connectivity index (χ1n) is 7.56. The van der Waals surface area contributed by atoms with E-state index in [4.69, 9.17) is 9.73 Å². The summed E-state index contributed by atoms with van der Waals surface area (Å²) in [5, 5.41) is 4.35. The van der Waals surface area contributed by atoms with Gasteiger partial charge in [0.15, 0.2) is 5.96 Å². The summed E-state index contributed by atoms with van der Waals surface area (Å²) in [6, 6.07) is 0. The molecule has 118 valence electrons. The van der Waals surface area contributed by atoms with Crippen LogP contribution in [-0.2, 0) is 11.3 Å². The number of rotatable bonds is 4. The van der Waals surface area contributed by atoms with Crippen molar-refractivity contribution in [3.63, 3.8) is 0 Å². The molecule has 2 heterocycles. The van der Waals surface area contributed by atoms with E-state index in [1.165, 1.54) is 5.56 Å². The molecule has 6 nitrogen and oxygen atoms in total. The Kier molecular flexibility index (Phi) is 5.22. The molecule has 1 aliphatic heterocycles. The van der Waals surface area contributed by atoms with Crippen molar-refractivity contribution in [2.45, 2.75) is 26.0 Å². The number of hydrogen-bond donors (Lipinski definition) is 0. The first kappa shape index (κ1) is 15.8. The molecule has 1 aromatic heterocycles. The van der Waals surface area contributed by atoms with E-state index in [2.05, 4.69) is 18.2 Å². The Morgan fingerprint density at radius 2 is 2.10 bits per heavy atom. The molecular formula is C15H27N5O. The zero-order valence-corrected chi connectivity index (χ0v) is 13.8. The number of aromatic nitrogens is 2. The van der Waals surface area contributed by atoms with Crippen molar-refractivity contribution in [1.82, 2.24) is 19.6 Å². The van der Waals surface area contributed by atoms with E-state index >= 15 is 0 Å². The zero-order valence-electron chi connectivity index (χ0n) is 13.8. The van der Waals surface area contributed by atoms with Gasteiger partial charge in [-0.25, -0.2) is 0 Å². The van der Waals surface area contributed by atoms with Gasteiger partial charge in [-0.15, -0.1) is 0 Å². The molecule has 2 rings (SSSR count). The molecule has 1 saturated heterocycles. The van der Waals surface area contributed by atoms with Gasteiger partial charge in [0.05, 0.1) is 12.3 Å². The van der Waals surface area contributed by atoms with Crippen molar-refractivity contribution in [3.05, 3.63) is 18.0 Å². The Balaban J connectivity index is 2.06. The van der Waals surface area contributed by atoms with Crippen LogP contribution in [0.4, 0.5) is 0 Å². The van der Waals surface area contributed by atoms with Gasteiger partial charge in [-0.05, 0) is 13.3 Å². The van der Waals surface area contributed by atoms with Crippen molar-refractivity contribution in [3.8, 4) is 0 Å². The second-order valence-corrected chi connectivity index (χ2v) is 5.90. The van der Waals surface area contributed by atoms with Crippen LogP contribution < -0.4 is 0 Å². The number of aliphatic imine (C=N–C) groups is 1. The molecule has 6 heteroatoms. The fraction of sp³-hybridized carbons (Fsp3) is 0.733. The molecule has 0 saturated carbocycles. The average Bonchev–Trinajstić information content (AvgIpc) is 3.05. The van der Waals surface area contributed by atoms with Crippen molar-refractivity contribution in [1.29, 1.82) is 0 Å². The number of ether oxygens (including phenoxy) is 1. The minimum absolute atomic E-state index is 0.125. The highest BCUT2D eigenvalue weighted by molar-refractivity contribution is 5.79. The molecule has 1 aromatic rings. The predicted octanol–water partition coefficient (Wildman–Crippen LogP) is 1.46. The normalized spacial score (nSPS) is 21.4. The molecule has 1 fully saturated rings. The van der Waals surface area contributed by atoms with Crippen LogP contribution in [0, 0.1) is 5.92 Å². The van der Waals surface area contributed by atoms with Gasteiger partial charge in [0.25, 0.3) is 0 Å². The minimum Gasteiger partial charge on any atom is -0.373 e. The van der Waals surface area contributed by atoms with Crippen LogP contribution in [0.1, 0.15) is 25.0 Å². The molecule has 0 unspecified atom stereocenters. The summed E-state index contributed by atoms with van der Waals surface area (Å²) >= 11 is 0. The van der Waals surface area contributed by atoms with Crippen molar-refractivity contribution in [2.75, 3.05) is 41.3 Å². The van der Waals surface area contributed by atoms with Crippen molar-refractivity contribution in [2.24, 2.45) is 10.9 Å². The lowest BCUT2D eigenvalue weighted by Gasteiger charge is -2.24. The van der Waals surface area contributed by atoms with Crippen LogP contribution in [0.5, 0.6) is 0 Å². The Labute approximate surface area is 127 Å². The van der Waals surface area contributed by atoms with Crippen molar-refractivity contribution < 1.29 is 4.74 Å². The van der Waals surface area contributed by atoms with Crippen LogP contribution >= 0.6 is 0 Å². The summed E-state index contributed by atoms with van der Waals surface area (Å²) in [4.78, 5) is 8.85. The second-order valence-electron chi connectivity index (χ2n) is 5.90. The van der Waals surface area contributed by atoms with E-state index in [1.54, 1.807) is 0 Å². The number of aryl methyl sites for hydroxylation is 1. The lowest BCUT2D eigenvalue weighted by atomic mass is 9.98. The fourth-order valence-electron chi connectivity index (χ4n) is 2.77. The van der Waals surface area contributed by atoms with Crippen LogP contribution in [0.3, 0.4) is 0 Å². The monoisotopic (exact) mass is 293 g/mol. The Hall–Kier alpha value is -1.56. The van der Waals surface area contributed by atoms with Gasteiger partial charge in [-0.1, -0.05) is 0 Å². The van der Waals surface area contributed by atoms with Gasteiger partial charge in [0.1, 0.15) is 0 Å². The highest BCUT2D eigenvalue weighted by Gasteiger charge is 2.30. The topological polar surface area (TPSA) is 45.9 Å². The highest BCUT2D eigenvalue weighted by Crippen LogP contribution is 2.34. The van der Waals surface area contributed by atoms with Crippen LogP contribution in [-0.4, -0.2) is 66.9 Å². The minimum atomic E-state index is 0.125. The lowest BCUT2D eigenvalue weighted by molar-refractivity contribution is 0.0924. The largest absolute Gasteiger partial charge is 0.373 e. The Bertz CT molecular complexity index is 470. The molecule has 2 atom stereocenters. The number of hydrogen-bond acceptors (Lipinski definition) is 3. The third-order valence-electron chi connectivity index (χ3n) is 3.79. The molecule has 0 spiro atoms. The Morgan fingerprint density at radius 1 is 1.38 bits per heavy atom. The second kappa shape index (κ2) is 6.93. The summed E-state index contributed by atoms with van der Waals surface area (Å²) in [6.07, 6.45) is 5.19. The quantitative estimate of drug-likeness (QED) is 0.623. The smallest absolute Gasteiger partial charge is 0.195 e. The molecule has 0 N–H and O–H groups in total. The van der Waals surface area contributed by atoms with E-state index in [0.717, 1.165) is 32.1 Å². The predicted molar refractivity (Wildman–Crippen MR) is 84.4 cm³/mol. The molecule has 0 radical (unpaired) electrons. The Morgan fingerprint density at radius 3 is 2.67 bits per heavy atom. The molecule has 0 bridgehead atoms. The van der Waals surface area contributed by atoms with Gasteiger partial charge in [-0.3, -0.25) is 9.67 Å². The summed E-state index contributed by atoms with van der Waals surface area (Å²) in [7, 11) is 8.08. The van der Waals surface area contributed by atoms with E-state index in [9.17, 15) is 0 Å². The summed E-state index contributed by atoms with van der Waals surface area (Å²) in [5.74, 6) is 1.42.